The first-order valence-electron chi connectivity index (χ1n) is 9.75. The normalized spacial score (nSPS) is 17.4. The van der Waals surface area contributed by atoms with E-state index in [1.165, 1.54) is 17.3 Å². The quantitative estimate of drug-likeness (QED) is 0.536. The van der Waals surface area contributed by atoms with Crippen LogP contribution in [0.3, 0.4) is 0 Å². The molecule has 0 saturated carbocycles. The zero-order valence-corrected chi connectivity index (χ0v) is 16.0. The predicted molar refractivity (Wildman–Crippen MR) is 111 cm³/mol. The molecule has 1 atom stereocenters. The smallest absolute Gasteiger partial charge is 0.115 e. The van der Waals surface area contributed by atoms with Gasteiger partial charge in [0.05, 0.1) is 17.8 Å². The van der Waals surface area contributed by atoms with Crippen LogP contribution < -0.4 is 0 Å². The van der Waals surface area contributed by atoms with Gasteiger partial charge in [-0.15, -0.1) is 0 Å². The Morgan fingerprint density at radius 3 is 2.72 bits per heavy atom. The summed E-state index contributed by atoms with van der Waals surface area (Å²) < 4.78 is 6.02. The Hall–Kier alpha value is -3.22. The van der Waals surface area contributed by atoms with Gasteiger partial charge in [0.25, 0.3) is 0 Å². The zero-order chi connectivity index (χ0) is 19.5. The Morgan fingerprint density at radius 1 is 0.931 bits per heavy atom. The third-order valence-corrected chi connectivity index (χ3v) is 5.29. The van der Waals surface area contributed by atoms with Crippen LogP contribution in [0.5, 0.6) is 0 Å². The van der Waals surface area contributed by atoms with Crippen molar-refractivity contribution >= 4 is 10.9 Å². The summed E-state index contributed by atoms with van der Waals surface area (Å²) in [5, 5.41) is 1.21. The van der Waals surface area contributed by atoms with E-state index in [4.69, 9.17) is 4.74 Å². The van der Waals surface area contributed by atoms with E-state index in [9.17, 15) is 0 Å². The molecule has 1 aliphatic rings. The van der Waals surface area contributed by atoms with Crippen LogP contribution in [0, 0.1) is 0 Å². The van der Waals surface area contributed by atoms with E-state index in [1.807, 2.05) is 24.5 Å². The Labute approximate surface area is 169 Å². The summed E-state index contributed by atoms with van der Waals surface area (Å²) in [5.74, 6) is 0. The van der Waals surface area contributed by atoms with Gasteiger partial charge >= 0.3 is 0 Å². The molecule has 1 aromatic carbocycles. The van der Waals surface area contributed by atoms with E-state index >= 15 is 0 Å². The van der Waals surface area contributed by atoms with Crippen LogP contribution in [-0.2, 0) is 11.3 Å². The van der Waals surface area contributed by atoms with Gasteiger partial charge in [-0.1, -0.05) is 24.3 Å². The van der Waals surface area contributed by atoms with Crippen molar-refractivity contribution in [3.63, 3.8) is 0 Å². The summed E-state index contributed by atoms with van der Waals surface area (Å²) in [7, 11) is 0. The fraction of sp³-hybridized carbons (Fsp3) is 0.217. The van der Waals surface area contributed by atoms with Crippen molar-refractivity contribution in [1.82, 2.24) is 24.8 Å². The second kappa shape index (κ2) is 8.03. The molecule has 4 aromatic rings. The van der Waals surface area contributed by atoms with Crippen LogP contribution in [0.25, 0.3) is 22.0 Å². The maximum absolute atomic E-state index is 6.02. The highest BCUT2D eigenvalue weighted by atomic mass is 16.5. The van der Waals surface area contributed by atoms with Gasteiger partial charge in [0.1, 0.15) is 12.4 Å². The molecular weight excluding hydrogens is 362 g/mol. The molecule has 5 rings (SSSR count). The van der Waals surface area contributed by atoms with Crippen molar-refractivity contribution in [2.24, 2.45) is 0 Å². The lowest BCUT2D eigenvalue weighted by atomic mass is 10.1. The van der Waals surface area contributed by atoms with E-state index < -0.39 is 0 Å². The molecule has 0 unspecified atom stereocenters. The minimum atomic E-state index is -0.0297. The monoisotopic (exact) mass is 383 g/mol. The largest absolute Gasteiger partial charge is 0.369 e. The van der Waals surface area contributed by atoms with Crippen LogP contribution in [0.4, 0.5) is 0 Å². The molecule has 0 aliphatic carbocycles. The van der Waals surface area contributed by atoms with Gasteiger partial charge in [-0.25, -0.2) is 9.97 Å². The summed E-state index contributed by atoms with van der Waals surface area (Å²) in [5.41, 5.74) is 5.25. The molecule has 29 heavy (non-hydrogen) atoms. The summed E-state index contributed by atoms with van der Waals surface area (Å²) in [4.78, 5) is 19.7. The van der Waals surface area contributed by atoms with Crippen molar-refractivity contribution in [2.45, 2.75) is 12.6 Å². The number of fused-ring (bicyclic) bond motifs is 1. The van der Waals surface area contributed by atoms with Crippen molar-refractivity contribution in [1.29, 1.82) is 0 Å². The first-order chi connectivity index (χ1) is 14.4. The molecule has 0 radical (unpaired) electrons. The molecule has 1 aliphatic heterocycles. The maximum atomic E-state index is 6.02. The van der Waals surface area contributed by atoms with Crippen molar-refractivity contribution < 1.29 is 4.74 Å². The number of hydrogen-bond acceptors (Lipinski definition) is 6. The predicted octanol–water partition coefficient (Wildman–Crippen LogP) is 3.66. The minimum Gasteiger partial charge on any atom is -0.369 e. The summed E-state index contributed by atoms with van der Waals surface area (Å²) in [6.07, 6.45) is 8.80. The fourth-order valence-corrected chi connectivity index (χ4v) is 3.79. The first-order valence-corrected chi connectivity index (χ1v) is 9.75. The number of rotatable bonds is 4. The van der Waals surface area contributed by atoms with Crippen molar-refractivity contribution in [3.8, 4) is 11.1 Å². The maximum Gasteiger partial charge on any atom is 0.115 e. The molecule has 0 N–H and O–H groups in total. The van der Waals surface area contributed by atoms with Gasteiger partial charge in [-0.05, 0) is 23.8 Å². The molecule has 6 heteroatoms. The topological polar surface area (TPSA) is 64.0 Å². The average Bonchev–Trinajstić information content (AvgIpc) is 2.80. The van der Waals surface area contributed by atoms with Gasteiger partial charge in [0.2, 0.25) is 0 Å². The van der Waals surface area contributed by atoms with Crippen LogP contribution in [0.2, 0.25) is 0 Å². The highest BCUT2D eigenvalue weighted by molar-refractivity contribution is 5.81. The second-order valence-electron chi connectivity index (χ2n) is 7.18. The number of hydrogen-bond donors (Lipinski definition) is 0. The lowest BCUT2D eigenvalue weighted by Crippen LogP contribution is -2.38. The van der Waals surface area contributed by atoms with Crippen LogP contribution in [0.1, 0.15) is 17.4 Å². The Bertz CT molecular complexity index is 1100. The van der Waals surface area contributed by atoms with Crippen molar-refractivity contribution in [3.05, 3.63) is 84.8 Å². The summed E-state index contributed by atoms with van der Waals surface area (Å²) >= 11 is 0. The summed E-state index contributed by atoms with van der Waals surface area (Å²) in [6.45, 7) is 3.30. The number of ether oxygens (including phenoxy) is 1. The van der Waals surface area contributed by atoms with Gasteiger partial charge in [0, 0.05) is 60.9 Å². The van der Waals surface area contributed by atoms with E-state index in [0.29, 0.717) is 6.61 Å². The highest BCUT2D eigenvalue weighted by Gasteiger charge is 2.23. The van der Waals surface area contributed by atoms with E-state index in [0.717, 1.165) is 42.0 Å². The van der Waals surface area contributed by atoms with Gasteiger partial charge in [0.15, 0.2) is 0 Å². The van der Waals surface area contributed by atoms with Gasteiger partial charge in [-0.3, -0.25) is 14.9 Å². The van der Waals surface area contributed by atoms with Crippen LogP contribution >= 0.6 is 0 Å². The molecule has 6 nitrogen and oxygen atoms in total. The molecule has 1 saturated heterocycles. The summed E-state index contributed by atoms with van der Waals surface area (Å²) in [6, 6.07) is 14.6. The third kappa shape index (κ3) is 3.85. The fourth-order valence-electron chi connectivity index (χ4n) is 3.79. The van der Waals surface area contributed by atoms with E-state index in [1.54, 1.807) is 12.4 Å². The van der Waals surface area contributed by atoms with Crippen molar-refractivity contribution in [2.75, 3.05) is 19.7 Å². The number of benzene rings is 1. The second-order valence-corrected chi connectivity index (χ2v) is 7.18. The lowest BCUT2D eigenvalue weighted by Gasteiger charge is -2.33. The molecule has 3 aromatic heterocycles. The average molecular weight is 383 g/mol. The molecule has 0 bridgehead atoms. The van der Waals surface area contributed by atoms with E-state index in [-0.39, 0.29) is 6.10 Å². The highest BCUT2D eigenvalue weighted by Crippen LogP contribution is 2.25. The Morgan fingerprint density at radius 2 is 1.86 bits per heavy atom. The lowest BCUT2D eigenvalue weighted by molar-refractivity contribution is -0.0348. The van der Waals surface area contributed by atoms with Crippen LogP contribution in [0.15, 0.2) is 73.6 Å². The molecule has 1 fully saturated rings. The van der Waals surface area contributed by atoms with Crippen LogP contribution in [-0.4, -0.2) is 44.5 Å². The Balaban J connectivity index is 1.32. The molecule has 0 spiro atoms. The molecule has 4 heterocycles. The molecular formula is C23H21N5O. The van der Waals surface area contributed by atoms with Gasteiger partial charge in [-0.2, -0.15) is 0 Å². The molecule has 144 valence electrons. The van der Waals surface area contributed by atoms with Gasteiger partial charge < -0.3 is 4.74 Å². The minimum absolute atomic E-state index is 0.0297. The number of morpholine rings is 1. The Kier molecular flexibility index (Phi) is 4.94. The zero-order valence-electron chi connectivity index (χ0n) is 16.0. The first kappa shape index (κ1) is 17.8. The third-order valence-electron chi connectivity index (χ3n) is 5.29. The number of nitrogens with zero attached hydrogens (tertiary/aromatic N) is 5. The van der Waals surface area contributed by atoms with E-state index in [2.05, 4.69) is 55.2 Å². The number of aromatic nitrogens is 4. The standard InChI is InChI=1S/C23H21N5O/c1-3-18(20-4-2-8-26-21(20)5-1)14-28-9-10-29-23(15-28)22-7-6-17(13-27-22)19-11-24-16-25-12-19/h1-8,11-13,16,23H,9-10,14-15H2/t23-/m1/s1. The SMILES string of the molecule is c1cc(CN2CCO[C@@H](c3ccc(-c4cncnc4)cn3)C2)c2cccnc2c1. The molecule has 0 amide bonds. The number of pyridine rings is 2.